The molecular weight excluding hydrogens is 545 g/mol. The molecule has 5 rings (SSSR count). The van der Waals surface area contributed by atoms with E-state index in [0.29, 0.717) is 49.6 Å². The number of nitriles is 1. The topological polar surface area (TPSA) is 89.8 Å². The highest BCUT2D eigenvalue weighted by atomic mass is 35.5. The van der Waals surface area contributed by atoms with Crippen molar-refractivity contribution in [2.24, 2.45) is 5.92 Å². The van der Waals surface area contributed by atoms with Crippen LogP contribution in [0.5, 0.6) is 5.75 Å². The van der Waals surface area contributed by atoms with Crippen molar-refractivity contribution < 1.29 is 18.7 Å². The van der Waals surface area contributed by atoms with Gasteiger partial charge in [-0.2, -0.15) is 5.26 Å². The highest BCUT2D eigenvalue weighted by Gasteiger charge is 2.50. The van der Waals surface area contributed by atoms with E-state index in [9.17, 15) is 14.0 Å². The monoisotopic (exact) mass is 575 g/mol. The summed E-state index contributed by atoms with van der Waals surface area (Å²) in [5.41, 5.74) is 0.896. The Balaban J connectivity index is 1.31. The van der Waals surface area contributed by atoms with E-state index < -0.39 is 17.3 Å². The number of likely N-dealkylation sites (tertiary alicyclic amines) is 1. The average Bonchev–Trinajstić information content (AvgIpc) is 3.36. The zero-order valence-electron chi connectivity index (χ0n) is 23.0. The van der Waals surface area contributed by atoms with Gasteiger partial charge in [-0.15, -0.1) is 0 Å². The number of pyridine rings is 1. The molecule has 0 spiro atoms. The third-order valence-corrected chi connectivity index (χ3v) is 8.53. The van der Waals surface area contributed by atoms with Crippen LogP contribution in [0.2, 0.25) is 5.02 Å². The summed E-state index contributed by atoms with van der Waals surface area (Å²) in [4.78, 5) is 36.9. The highest BCUT2D eigenvalue weighted by Crippen LogP contribution is 2.39. The number of halogens is 2. The average molecular weight is 576 g/mol. The minimum absolute atomic E-state index is 0.0698. The van der Waals surface area contributed by atoms with Crippen molar-refractivity contribution in [3.63, 3.8) is 0 Å². The van der Waals surface area contributed by atoms with E-state index in [-0.39, 0.29) is 23.6 Å². The van der Waals surface area contributed by atoms with Gasteiger partial charge in [0.25, 0.3) is 0 Å². The van der Waals surface area contributed by atoms with Gasteiger partial charge in [-0.25, -0.2) is 14.2 Å². The second-order valence-electron chi connectivity index (χ2n) is 10.9. The summed E-state index contributed by atoms with van der Waals surface area (Å²) in [6.07, 6.45) is 2.34. The first-order valence-corrected chi connectivity index (χ1v) is 13.9. The molecule has 2 aliphatic rings. The van der Waals surface area contributed by atoms with Gasteiger partial charge in [-0.3, -0.25) is 4.79 Å². The molecule has 0 saturated carbocycles. The maximum atomic E-state index is 13.8. The minimum atomic E-state index is -0.584. The van der Waals surface area contributed by atoms with Crippen LogP contribution < -0.4 is 9.64 Å². The van der Waals surface area contributed by atoms with Crippen molar-refractivity contribution in [1.29, 1.82) is 5.26 Å². The zero-order valence-corrected chi connectivity index (χ0v) is 23.7. The molecule has 212 valence electrons. The summed E-state index contributed by atoms with van der Waals surface area (Å²) >= 11 is 6.17. The van der Waals surface area contributed by atoms with E-state index in [1.165, 1.54) is 29.2 Å². The standard InChI is InChI=1S/C31H31ClFN5O3/c1-31(23-4-6-24(32)7-5-23)20-38(19-27(31)36(2)30(40)41-26-10-8-25(33)9-11-26)29(39)22-13-15-37(16-14-22)28-12-3-21(17-34)18-35-28/h3-12,18,22,27H,13-16,19-20H2,1-2H3/t27-,31+/m1/s1. The third-order valence-electron chi connectivity index (χ3n) is 8.28. The normalized spacial score (nSPS) is 20.9. The number of anilines is 1. The van der Waals surface area contributed by atoms with Gasteiger partial charge in [-0.05, 0) is 66.9 Å². The number of aromatic nitrogens is 1. The van der Waals surface area contributed by atoms with Gasteiger partial charge in [0, 0.05) is 55.8 Å². The number of likely N-dealkylation sites (N-methyl/N-ethyl adjacent to an activating group) is 1. The smallest absolute Gasteiger partial charge is 0.410 e. The molecule has 2 fully saturated rings. The van der Waals surface area contributed by atoms with Crippen LogP contribution in [-0.4, -0.2) is 66.1 Å². The second kappa shape index (κ2) is 11.8. The first-order valence-electron chi connectivity index (χ1n) is 13.5. The first kappa shape index (κ1) is 28.4. The number of ether oxygens (including phenoxy) is 1. The van der Waals surface area contributed by atoms with Crippen molar-refractivity contribution in [2.45, 2.75) is 31.2 Å². The Bertz CT molecular complexity index is 1440. The van der Waals surface area contributed by atoms with E-state index >= 15 is 0 Å². The van der Waals surface area contributed by atoms with Crippen LogP contribution in [0.4, 0.5) is 15.0 Å². The van der Waals surface area contributed by atoms with Gasteiger partial charge >= 0.3 is 6.09 Å². The highest BCUT2D eigenvalue weighted by molar-refractivity contribution is 6.30. The molecule has 10 heteroatoms. The molecule has 3 aromatic rings. The molecule has 1 aromatic heterocycles. The number of rotatable bonds is 5. The van der Waals surface area contributed by atoms with Crippen LogP contribution in [-0.2, 0) is 10.2 Å². The molecular formula is C31H31ClFN5O3. The zero-order chi connectivity index (χ0) is 29.1. The predicted octanol–water partition coefficient (Wildman–Crippen LogP) is 5.26. The van der Waals surface area contributed by atoms with Crippen LogP contribution in [0.25, 0.3) is 0 Å². The molecule has 3 heterocycles. The molecule has 0 N–H and O–H groups in total. The van der Waals surface area contributed by atoms with Crippen molar-refractivity contribution in [3.8, 4) is 11.8 Å². The Hall–Kier alpha value is -4.16. The molecule has 0 bridgehead atoms. The molecule has 0 radical (unpaired) electrons. The number of piperidine rings is 1. The van der Waals surface area contributed by atoms with Gasteiger partial charge in [0.2, 0.25) is 5.91 Å². The Morgan fingerprint density at radius 2 is 1.78 bits per heavy atom. The van der Waals surface area contributed by atoms with Crippen LogP contribution >= 0.6 is 11.6 Å². The summed E-state index contributed by atoms with van der Waals surface area (Å²) in [6, 6.07) is 18.1. The number of amides is 2. The van der Waals surface area contributed by atoms with Crippen LogP contribution in [0.1, 0.15) is 30.9 Å². The number of benzene rings is 2. The van der Waals surface area contributed by atoms with E-state index in [2.05, 4.69) is 22.9 Å². The number of nitrogens with zero attached hydrogens (tertiary/aromatic N) is 5. The van der Waals surface area contributed by atoms with Crippen LogP contribution in [0, 0.1) is 23.1 Å². The largest absolute Gasteiger partial charge is 0.415 e. The summed E-state index contributed by atoms with van der Waals surface area (Å²) in [6.45, 7) is 4.21. The maximum Gasteiger partial charge on any atom is 0.415 e. The molecule has 41 heavy (non-hydrogen) atoms. The quantitative estimate of drug-likeness (QED) is 0.412. The molecule has 2 atom stereocenters. The summed E-state index contributed by atoms with van der Waals surface area (Å²) in [5, 5.41) is 9.63. The van der Waals surface area contributed by atoms with Crippen molar-refractivity contribution in [1.82, 2.24) is 14.8 Å². The number of hydrogen-bond acceptors (Lipinski definition) is 6. The molecule has 0 unspecified atom stereocenters. The fraction of sp³-hybridized carbons (Fsp3) is 0.355. The van der Waals surface area contributed by atoms with Crippen molar-refractivity contribution >= 4 is 29.4 Å². The van der Waals surface area contributed by atoms with E-state index in [1.54, 1.807) is 19.3 Å². The third kappa shape index (κ3) is 5.98. The fourth-order valence-electron chi connectivity index (χ4n) is 5.86. The lowest BCUT2D eigenvalue weighted by Crippen LogP contribution is -2.50. The molecule has 0 aliphatic carbocycles. The minimum Gasteiger partial charge on any atom is -0.410 e. The van der Waals surface area contributed by atoms with Gasteiger partial charge in [0.1, 0.15) is 23.5 Å². The van der Waals surface area contributed by atoms with E-state index in [4.69, 9.17) is 21.6 Å². The molecule has 2 aliphatic heterocycles. The number of carbonyl (C=O) groups is 2. The Morgan fingerprint density at radius 3 is 2.39 bits per heavy atom. The fourth-order valence-corrected chi connectivity index (χ4v) is 5.99. The lowest BCUT2D eigenvalue weighted by Gasteiger charge is -2.36. The first-order chi connectivity index (χ1) is 19.7. The summed E-state index contributed by atoms with van der Waals surface area (Å²) < 4.78 is 18.9. The lowest BCUT2D eigenvalue weighted by atomic mass is 9.77. The molecule has 2 amide bonds. The van der Waals surface area contributed by atoms with Crippen molar-refractivity contribution in [2.75, 3.05) is 38.1 Å². The van der Waals surface area contributed by atoms with Crippen LogP contribution in [0.3, 0.4) is 0 Å². The Morgan fingerprint density at radius 1 is 1.10 bits per heavy atom. The lowest BCUT2D eigenvalue weighted by molar-refractivity contribution is -0.135. The van der Waals surface area contributed by atoms with Gasteiger partial charge < -0.3 is 19.4 Å². The summed E-state index contributed by atoms with van der Waals surface area (Å²) in [7, 11) is 1.67. The van der Waals surface area contributed by atoms with Gasteiger partial charge in [0.05, 0.1) is 11.6 Å². The Kier molecular flexibility index (Phi) is 8.13. The van der Waals surface area contributed by atoms with E-state index in [0.717, 1.165) is 11.4 Å². The summed E-state index contributed by atoms with van der Waals surface area (Å²) in [5.74, 6) is 0.547. The maximum absolute atomic E-state index is 13.8. The second-order valence-corrected chi connectivity index (χ2v) is 11.3. The SMILES string of the molecule is CN(C(=O)Oc1ccc(F)cc1)[C@@H]1CN(C(=O)C2CCN(c3ccc(C#N)cn3)CC2)C[C@@]1(C)c1ccc(Cl)cc1. The predicted molar refractivity (Wildman–Crippen MR) is 153 cm³/mol. The molecule has 2 saturated heterocycles. The van der Waals surface area contributed by atoms with Gasteiger partial charge in [-0.1, -0.05) is 30.7 Å². The van der Waals surface area contributed by atoms with Crippen molar-refractivity contribution in [3.05, 3.63) is 88.8 Å². The van der Waals surface area contributed by atoms with Crippen LogP contribution in [0.15, 0.2) is 66.9 Å². The molecule has 8 nitrogen and oxygen atoms in total. The Labute approximate surface area is 243 Å². The number of hydrogen-bond donors (Lipinski definition) is 0. The van der Waals surface area contributed by atoms with E-state index in [1.807, 2.05) is 35.2 Å². The van der Waals surface area contributed by atoms with Gasteiger partial charge in [0.15, 0.2) is 0 Å². The molecule has 2 aromatic carbocycles. The number of carbonyl (C=O) groups excluding carboxylic acids is 2.